The number of pyridine rings is 1. The SMILES string of the molecule is Cc1cc(C(=O)Nc2cccc(F)c2/C(N)=N/O)ccn1. The predicted octanol–water partition coefficient (Wildman–Crippen LogP) is 1.88. The zero-order valence-electron chi connectivity index (χ0n) is 11.2. The molecule has 1 aromatic carbocycles. The van der Waals surface area contributed by atoms with Crippen LogP contribution in [-0.4, -0.2) is 21.9 Å². The van der Waals surface area contributed by atoms with Gasteiger partial charge in [-0.2, -0.15) is 0 Å². The summed E-state index contributed by atoms with van der Waals surface area (Å²) in [6.07, 6.45) is 1.50. The van der Waals surface area contributed by atoms with Crippen LogP contribution in [0.1, 0.15) is 21.6 Å². The Hall–Kier alpha value is -2.96. The number of oxime groups is 1. The van der Waals surface area contributed by atoms with E-state index < -0.39 is 17.6 Å². The average Bonchev–Trinajstić information content (AvgIpc) is 2.46. The number of benzene rings is 1. The molecule has 0 aliphatic heterocycles. The Kier molecular flexibility index (Phi) is 4.13. The second kappa shape index (κ2) is 6.00. The molecular formula is C14H13FN4O2. The third-order valence-corrected chi connectivity index (χ3v) is 2.78. The van der Waals surface area contributed by atoms with Gasteiger partial charge < -0.3 is 16.3 Å². The molecule has 0 aliphatic carbocycles. The van der Waals surface area contributed by atoms with Crippen LogP contribution in [0.3, 0.4) is 0 Å². The van der Waals surface area contributed by atoms with Gasteiger partial charge in [-0.1, -0.05) is 11.2 Å². The summed E-state index contributed by atoms with van der Waals surface area (Å²) in [5.74, 6) is -1.57. The van der Waals surface area contributed by atoms with E-state index in [0.29, 0.717) is 11.3 Å². The van der Waals surface area contributed by atoms with Gasteiger partial charge in [-0.25, -0.2) is 4.39 Å². The van der Waals surface area contributed by atoms with Crippen molar-refractivity contribution >= 4 is 17.4 Å². The zero-order valence-corrected chi connectivity index (χ0v) is 11.2. The van der Waals surface area contributed by atoms with Gasteiger partial charge in [0.2, 0.25) is 0 Å². The van der Waals surface area contributed by atoms with E-state index in [0.717, 1.165) is 6.07 Å². The highest BCUT2D eigenvalue weighted by Crippen LogP contribution is 2.19. The molecule has 7 heteroatoms. The molecule has 4 N–H and O–H groups in total. The summed E-state index contributed by atoms with van der Waals surface area (Å²) in [5.41, 5.74) is 6.43. The number of nitrogens with one attached hydrogen (secondary N) is 1. The van der Waals surface area contributed by atoms with Gasteiger partial charge in [-0.05, 0) is 31.2 Å². The van der Waals surface area contributed by atoms with Crippen LogP contribution < -0.4 is 11.1 Å². The molecule has 0 atom stereocenters. The minimum atomic E-state index is -0.700. The third kappa shape index (κ3) is 3.14. The molecule has 0 saturated heterocycles. The Morgan fingerprint density at radius 3 is 2.86 bits per heavy atom. The summed E-state index contributed by atoms with van der Waals surface area (Å²) in [6.45, 7) is 1.75. The zero-order chi connectivity index (χ0) is 15.4. The molecule has 0 aliphatic rings. The van der Waals surface area contributed by atoms with Gasteiger partial charge in [0.1, 0.15) is 5.82 Å². The van der Waals surface area contributed by atoms with E-state index in [1.54, 1.807) is 13.0 Å². The molecule has 0 bridgehead atoms. The number of amidine groups is 1. The first-order valence-corrected chi connectivity index (χ1v) is 6.03. The Bertz CT molecular complexity index is 716. The molecule has 6 nitrogen and oxygen atoms in total. The first-order valence-electron chi connectivity index (χ1n) is 6.03. The van der Waals surface area contributed by atoms with E-state index in [9.17, 15) is 9.18 Å². The van der Waals surface area contributed by atoms with Crippen molar-refractivity contribution in [1.82, 2.24) is 4.98 Å². The second-order valence-electron chi connectivity index (χ2n) is 4.29. The van der Waals surface area contributed by atoms with Gasteiger partial charge in [0.25, 0.3) is 5.91 Å². The van der Waals surface area contributed by atoms with Crippen LogP contribution in [0.4, 0.5) is 10.1 Å². The number of aryl methyl sites for hydroxylation is 1. The number of hydrogen-bond donors (Lipinski definition) is 3. The van der Waals surface area contributed by atoms with E-state index in [-0.39, 0.29) is 11.3 Å². The maximum absolute atomic E-state index is 13.8. The van der Waals surface area contributed by atoms with E-state index in [1.807, 2.05) is 0 Å². The van der Waals surface area contributed by atoms with Crippen molar-refractivity contribution in [2.75, 3.05) is 5.32 Å². The second-order valence-corrected chi connectivity index (χ2v) is 4.29. The van der Waals surface area contributed by atoms with E-state index in [4.69, 9.17) is 10.9 Å². The quantitative estimate of drug-likeness (QED) is 0.347. The van der Waals surface area contributed by atoms with Crippen LogP contribution in [0, 0.1) is 12.7 Å². The number of carbonyl (C=O) groups is 1. The molecule has 0 unspecified atom stereocenters. The number of hydrogen-bond acceptors (Lipinski definition) is 4. The van der Waals surface area contributed by atoms with Crippen LogP contribution in [0.25, 0.3) is 0 Å². The molecule has 0 fully saturated rings. The van der Waals surface area contributed by atoms with Crippen molar-refractivity contribution in [3.05, 3.63) is 59.2 Å². The van der Waals surface area contributed by atoms with Gasteiger partial charge in [0.15, 0.2) is 5.84 Å². The predicted molar refractivity (Wildman–Crippen MR) is 75.8 cm³/mol. The monoisotopic (exact) mass is 288 g/mol. The highest BCUT2D eigenvalue weighted by molar-refractivity contribution is 6.09. The van der Waals surface area contributed by atoms with Gasteiger partial charge in [-0.15, -0.1) is 0 Å². The molecule has 0 saturated carbocycles. The number of amides is 1. The molecule has 1 aromatic heterocycles. The lowest BCUT2D eigenvalue weighted by molar-refractivity contribution is 0.102. The van der Waals surface area contributed by atoms with Crippen LogP contribution in [0.15, 0.2) is 41.7 Å². The molecule has 0 spiro atoms. The number of nitrogens with zero attached hydrogens (tertiary/aromatic N) is 2. The number of anilines is 1. The van der Waals surface area contributed by atoms with Crippen molar-refractivity contribution in [3.63, 3.8) is 0 Å². The topological polar surface area (TPSA) is 101 Å². The fraction of sp³-hybridized carbons (Fsp3) is 0.0714. The molecule has 2 aromatic rings. The molecule has 1 amide bonds. The lowest BCUT2D eigenvalue weighted by Gasteiger charge is -2.11. The van der Waals surface area contributed by atoms with Crippen LogP contribution in [0.5, 0.6) is 0 Å². The molecule has 1 heterocycles. The average molecular weight is 288 g/mol. The summed E-state index contributed by atoms with van der Waals surface area (Å²) in [4.78, 5) is 16.1. The number of aromatic nitrogens is 1. The Balaban J connectivity index is 2.36. The van der Waals surface area contributed by atoms with Crippen molar-refractivity contribution in [1.29, 1.82) is 0 Å². The van der Waals surface area contributed by atoms with Crippen LogP contribution in [-0.2, 0) is 0 Å². The molecule has 108 valence electrons. The summed E-state index contributed by atoms with van der Waals surface area (Å²) in [6, 6.07) is 7.15. The largest absolute Gasteiger partial charge is 0.409 e. The minimum Gasteiger partial charge on any atom is -0.409 e. The summed E-state index contributed by atoms with van der Waals surface area (Å²) in [7, 11) is 0. The lowest BCUT2D eigenvalue weighted by Crippen LogP contribution is -2.20. The lowest BCUT2D eigenvalue weighted by atomic mass is 10.1. The van der Waals surface area contributed by atoms with E-state index >= 15 is 0 Å². The highest BCUT2D eigenvalue weighted by Gasteiger charge is 2.15. The number of halogens is 1. The van der Waals surface area contributed by atoms with E-state index in [2.05, 4.69) is 15.5 Å². The van der Waals surface area contributed by atoms with Crippen molar-refractivity contribution in [3.8, 4) is 0 Å². The molecule has 2 rings (SSSR count). The maximum atomic E-state index is 13.8. The third-order valence-electron chi connectivity index (χ3n) is 2.78. The molecule has 21 heavy (non-hydrogen) atoms. The molecular weight excluding hydrogens is 275 g/mol. The van der Waals surface area contributed by atoms with E-state index in [1.165, 1.54) is 24.4 Å². The van der Waals surface area contributed by atoms with Crippen molar-refractivity contribution in [2.45, 2.75) is 6.92 Å². The summed E-state index contributed by atoms with van der Waals surface area (Å²) in [5, 5.41) is 14.0. The smallest absolute Gasteiger partial charge is 0.255 e. The summed E-state index contributed by atoms with van der Waals surface area (Å²) >= 11 is 0. The maximum Gasteiger partial charge on any atom is 0.255 e. The Morgan fingerprint density at radius 2 is 2.19 bits per heavy atom. The number of nitrogens with two attached hydrogens (primary N) is 1. The van der Waals surface area contributed by atoms with Gasteiger partial charge >= 0.3 is 0 Å². The van der Waals surface area contributed by atoms with Gasteiger partial charge in [0, 0.05) is 17.5 Å². The molecule has 0 radical (unpaired) electrons. The van der Waals surface area contributed by atoms with Crippen molar-refractivity contribution < 1.29 is 14.4 Å². The normalized spacial score (nSPS) is 11.2. The van der Waals surface area contributed by atoms with Crippen molar-refractivity contribution in [2.24, 2.45) is 10.9 Å². The standard InChI is InChI=1S/C14H13FN4O2/c1-8-7-9(5-6-17-8)14(20)18-11-4-2-3-10(15)12(11)13(16)19-21/h2-7,21H,1H3,(H2,16,19)(H,18,20). The fourth-order valence-electron chi connectivity index (χ4n) is 1.82. The first kappa shape index (κ1) is 14.4. The minimum absolute atomic E-state index is 0.116. The fourth-order valence-corrected chi connectivity index (χ4v) is 1.82. The summed E-state index contributed by atoms with van der Waals surface area (Å²) < 4.78 is 13.8. The highest BCUT2D eigenvalue weighted by atomic mass is 19.1. The number of carbonyl (C=O) groups excluding carboxylic acids is 1. The Labute approximate surface area is 120 Å². The Morgan fingerprint density at radius 1 is 1.43 bits per heavy atom. The van der Waals surface area contributed by atoms with Gasteiger partial charge in [-0.3, -0.25) is 9.78 Å². The van der Waals surface area contributed by atoms with Crippen LogP contribution in [0.2, 0.25) is 0 Å². The van der Waals surface area contributed by atoms with Crippen LogP contribution >= 0.6 is 0 Å². The first-order chi connectivity index (χ1) is 10.0. The van der Waals surface area contributed by atoms with Gasteiger partial charge in [0.05, 0.1) is 11.3 Å². The number of rotatable bonds is 3.